The van der Waals surface area contributed by atoms with Crippen LogP contribution in [0.1, 0.15) is 66.2 Å². The highest BCUT2D eigenvalue weighted by Gasteiger charge is 2.48. The first-order valence-electron chi connectivity index (χ1n) is 13.4. The standard InChI is InChI=1S/C33H34N2O4/c1-7-39-27-13-12-22(17-25(27)18(2)3)31(36)29-30(28-21(6)34-26-11-9-8-10-24(26)28)35(33(38)32(29)37)23-15-19(4)14-20(5)16-23/h8-18,30,34,36H,7H2,1-6H3/b31-29+. The molecule has 0 aliphatic carbocycles. The molecule has 6 heteroatoms. The van der Waals surface area contributed by atoms with Gasteiger partial charge >= 0.3 is 0 Å². The van der Waals surface area contributed by atoms with Crippen LogP contribution in [0.15, 0.2) is 66.2 Å². The number of amides is 1. The van der Waals surface area contributed by atoms with Crippen molar-refractivity contribution in [2.45, 2.75) is 53.5 Å². The fourth-order valence-electron chi connectivity index (χ4n) is 5.70. The van der Waals surface area contributed by atoms with Crippen LogP contribution in [0.4, 0.5) is 5.69 Å². The molecule has 1 aliphatic heterocycles. The number of H-pyrrole nitrogens is 1. The minimum atomic E-state index is -0.809. The summed E-state index contributed by atoms with van der Waals surface area (Å²) in [7, 11) is 0. The van der Waals surface area contributed by atoms with E-state index in [0.717, 1.165) is 44.6 Å². The molecule has 5 rings (SSSR count). The van der Waals surface area contributed by atoms with Crippen LogP contribution in [0.25, 0.3) is 16.7 Å². The number of aromatic amines is 1. The van der Waals surface area contributed by atoms with Crippen molar-refractivity contribution in [2.75, 3.05) is 11.5 Å². The number of carbonyl (C=O) groups is 2. The molecular formula is C33H34N2O4. The smallest absolute Gasteiger partial charge is 0.300 e. The summed E-state index contributed by atoms with van der Waals surface area (Å²) in [5, 5.41) is 12.7. The summed E-state index contributed by atoms with van der Waals surface area (Å²) >= 11 is 0. The molecule has 1 aromatic heterocycles. The topological polar surface area (TPSA) is 82.6 Å². The Hall–Kier alpha value is -4.32. The molecule has 0 saturated carbocycles. The molecule has 39 heavy (non-hydrogen) atoms. The van der Waals surface area contributed by atoms with E-state index in [1.807, 2.05) is 82.3 Å². The molecule has 1 amide bonds. The van der Waals surface area contributed by atoms with E-state index in [9.17, 15) is 14.7 Å². The van der Waals surface area contributed by atoms with E-state index >= 15 is 0 Å². The molecular weight excluding hydrogens is 488 g/mol. The number of benzene rings is 3. The Bertz CT molecular complexity index is 1620. The average Bonchev–Trinajstić information content (AvgIpc) is 3.35. The summed E-state index contributed by atoms with van der Waals surface area (Å²) in [6.45, 7) is 12.4. The van der Waals surface area contributed by atoms with E-state index < -0.39 is 17.7 Å². The van der Waals surface area contributed by atoms with Gasteiger partial charge < -0.3 is 14.8 Å². The zero-order chi connectivity index (χ0) is 28.0. The van der Waals surface area contributed by atoms with Crippen LogP contribution in [-0.4, -0.2) is 28.4 Å². The van der Waals surface area contributed by atoms with Gasteiger partial charge in [0.2, 0.25) is 0 Å². The van der Waals surface area contributed by atoms with E-state index in [-0.39, 0.29) is 17.3 Å². The molecule has 2 N–H and O–H groups in total. The number of aryl methyl sites for hydroxylation is 3. The van der Waals surface area contributed by atoms with Crippen LogP contribution in [0.5, 0.6) is 5.75 Å². The van der Waals surface area contributed by atoms with Crippen molar-refractivity contribution >= 4 is 34.0 Å². The van der Waals surface area contributed by atoms with Crippen LogP contribution in [-0.2, 0) is 9.59 Å². The third-order valence-corrected chi connectivity index (χ3v) is 7.35. The zero-order valence-electron chi connectivity index (χ0n) is 23.3. The molecule has 0 radical (unpaired) electrons. The van der Waals surface area contributed by atoms with Gasteiger partial charge in [-0.25, -0.2) is 0 Å². The number of nitrogens with zero attached hydrogens (tertiary/aromatic N) is 1. The maximum Gasteiger partial charge on any atom is 0.300 e. The largest absolute Gasteiger partial charge is 0.507 e. The minimum absolute atomic E-state index is 0.0749. The third-order valence-electron chi connectivity index (χ3n) is 7.35. The number of carbonyl (C=O) groups excluding carboxylic acids is 2. The molecule has 1 atom stereocenters. The maximum absolute atomic E-state index is 13.8. The molecule has 0 bridgehead atoms. The van der Waals surface area contributed by atoms with Crippen molar-refractivity contribution in [3.05, 3.63) is 99.7 Å². The van der Waals surface area contributed by atoms with Crippen molar-refractivity contribution in [1.29, 1.82) is 0 Å². The quantitative estimate of drug-likeness (QED) is 0.159. The van der Waals surface area contributed by atoms with Gasteiger partial charge in [-0.05, 0) is 86.7 Å². The summed E-state index contributed by atoms with van der Waals surface area (Å²) in [5.41, 5.74) is 6.58. The second-order valence-corrected chi connectivity index (χ2v) is 10.6. The molecule has 2 heterocycles. The highest BCUT2D eigenvalue weighted by atomic mass is 16.5. The Morgan fingerprint density at radius 3 is 2.36 bits per heavy atom. The molecule has 1 aliphatic rings. The van der Waals surface area contributed by atoms with Gasteiger partial charge in [-0.1, -0.05) is 38.1 Å². The Kier molecular flexibility index (Phi) is 6.81. The first-order valence-corrected chi connectivity index (χ1v) is 13.4. The highest BCUT2D eigenvalue weighted by Crippen LogP contribution is 2.46. The fourth-order valence-corrected chi connectivity index (χ4v) is 5.70. The maximum atomic E-state index is 13.8. The van der Waals surface area contributed by atoms with Gasteiger partial charge in [0, 0.05) is 33.4 Å². The van der Waals surface area contributed by atoms with Crippen LogP contribution in [0, 0.1) is 20.8 Å². The summed E-state index contributed by atoms with van der Waals surface area (Å²) in [5.74, 6) is -0.695. The van der Waals surface area contributed by atoms with Gasteiger partial charge in [0.25, 0.3) is 11.7 Å². The number of rotatable bonds is 6. The number of ketones is 1. The molecule has 1 fully saturated rings. The van der Waals surface area contributed by atoms with Gasteiger partial charge in [0.1, 0.15) is 11.5 Å². The average molecular weight is 523 g/mol. The molecule has 6 nitrogen and oxygen atoms in total. The van der Waals surface area contributed by atoms with Crippen molar-refractivity contribution in [1.82, 2.24) is 4.98 Å². The number of para-hydroxylation sites is 1. The Morgan fingerprint density at radius 1 is 1.00 bits per heavy atom. The number of aliphatic hydroxyl groups is 1. The number of fused-ring (bicyclic) bond motifs is 1. The van der Waals surface area contributed by atoms with Crippen molar-refractivity contribution < 1.29 is 19.4 Å². The molecule has 1 unspecified atom stereocenters. The number of Topliss-reactive ketones (excluding diaryl/α,β-unsaturated/α-hetero) is 1. The predicted octanol–water partition coefficient (Wildman–Crippen LogP) is 7.24. The number of hydrogen-bond donors (Lipinski definition) is 2. The predicted molar refractivity (Wildman–Crippen MR) is 155 cm³/mol. The number of aliphatic hydroxyl groups excluding tert-OH is 1. The fraction of sp³-hybridized carbons (Fsp3) is 0.273. The second kappa shape index (κ2) is 10.1. The Morgan fingerprint density at radius 2 is 1.69 bits per heavy atom. The lowest BCUT2D eigenvalue weighted by Crippen LogP contribution is -2.29. The number of aromatic nitrogens is 1. The van der Waals surface area contributed by atoms with Gasteiger partial charge in [0.15, 0.2) is 0 Å². The molecule has 1 saturated heterocycles. The number of hydrogen-bond acceptors (Lipinski definition) is 4. The minimum Gasteiger partial charge on any atom is -0.507 e. The lowest BCUT2D eigenvalue weighted by Gasteiger charge is -2.26. The summed E-state index contributed by atoms with van der Waals surface area (Å²) in [6, 6.07) is 18.3. The number of ether oxygens (including phenoxy) is 1. The lowest BCUT2D eigenvalue weighted by molar-refractivity contribution is -0.132. The second-order valence-electron chi connectivity index (χ2n) is 10.6. The van der Waals surface area contributed by atoms with Crippen molar-refractivity contribution in [3.8, 4) is 5.75 Å². The summed E-state index contributed by atoms with van der Waals surface area (Å²) in [4.78, 5) is 32.5. The monoisotopic (exact) mass is 522 g/mol. The van der Waals surface area contributed by atoms with Crippen molar-refractivity contribution in [3.63, 3.8) is 0 Å². The molecule has 0 spiro atoms. The van der Waals surface area contributed by atoms with E-state index in [0.29, 0.717) is 17.9 Å². The number of anilines is 1. The zero-order valence-corrected chi connectivity index (χ0v) is 23.3. The van der Waals surface area contributed by atoms with Crippen LogP contribution < -0.4 is 9.64 Å². The first-order chi connectivity index (χ1) is 18.6. The van der Waals surface area contributed by atoms with E-state index in [4.69, 9.17) is 4.74 Å². The third kappa shape index (κ3) is 4.50. The number of nitrogens with one attached hydrogen (secondary N) is 1. The van der Waals surface area contributed by atoms with Gasteiger partial charge in [0.05, 0.1) is 18.2 Å². The van der Waals surface area contributed by atoms with Crippen LogP contribution in [0.3, 0.4) is 0 Å². The van der Waals surface area contributed by atoms with E-state index in [2.05, 4.69) is 18.8 Å². The molecule has 3 aromatic carbocycles. The van der Waals surface area contributed by atoms with Crippen molar-refractivity contribution in [2.24, 2.45) is 0 Å². The summed E-state index contributed by atoms with van der Waals surface area (Å²) < 4.78 is 5.81. The lowest BCUT2D eigenvalue weighted by atomic mass is 9.91. The van der Waals surface area contributed by atoms with Crippen LogP contribution in [0.2, 0.25) is 0 Å². The van der Waals surface area contributed by atoms with Crippen LogP contribution >= 0.6 is 0 Å². The van der Waals surface area contributed by atoms with Gasteiger partial charge in [-0.15, -0.1) is 0 Å². The molecule has 200 valence electrons. The van der Waals surface area contributed by atoms with Gasteiger partial charge in [-0.2, -0.15) is 0 Å². The SMILES string of the molecule is CCOc1ccc(/C(O)=C2\C(=O)C(=O)N(c3cc(C)cc(C)c3)C2c2c(C)[nH]c3ccccc23)cc1C(C)C. The highest BCUT2D eigenvalue weighted by molar-refractivity contribution is 6.52. The Labute approximate surface area is 228 Å². The van der Waals surface area contributed by atoms with E-state index in [1.54, 1.807) is 6.07 Å². The van der Waals surface area contributed by atoms with E-state index in [1.165, 1.54) is 4.90 Å². The Balaban J connectivity index is 1.80. The first kappa shape index (κ1) is 26.3. The van der Waals surface area contributed by atoms with Gasteiger partial charge in [-0.3, -0.25) is 14.5 Å². The summed E-state index contributed by atoms with van der Waals surface area (Å²) in [6.07, 6.45) is 0. The molecule has 4 aromatic rings. The normalized spacial score (nSPS) is 17.0.